The second-order valence-electron chi connectivity index (χ2n) is 11.1. The minimum Gasteiger partial charge on any atom is -0.454 e. The second-order valence-corrected chi connectivity index (χ2v) is 11.1. The molecular formula is C40H25N3O2. The van der Waals surface area contributed by atoms with Crippen molar-refractivity contribution in [3.05, 3.63) is 152 Å². The average molecular weight is 580 g/mol. The Morgan fingerprint density at radius 1 is 0.422 bits per heavy atom. The van der Waals surface area contributed by atoms with E-state index < -0.39 is 0 Å². The number of para-hydroxylation sites is 1. The molecule has 5 heteroatoms. The van der Waals surface area contributed by atoms with Gasteiger partial charge in [0.1, 0.15) is 11.2 Å². The van der Waals surface area contributed by atoms with Crippen molar-refractivity contribution >= 4 is 60.9 Å². The summed E-state index contributed by atoms with van der Waals surface area (Å²) >= 11 is 0. The number of nitrogens with zero attached hydrogens (tertiary/aromatic N) is 3. The van der Waals surface area contributed by atoms with Gasteiger partial charge >= 0.3 is 0 Å². The van der Waals surface area contributed by atoms with Crippen molar-refractivity contribution in [3.63, 3.8) is 0 Å². The lowest BCUT2D eigenvalue weighted by Gasteiger charge is -2.28. The molecule has 9 aromatic rings. The molecule has 0 amide bonds. The summed E-state index contributed by atoms with van der Waals surface area (Å²) in [6, 6.07) is 44.6. The number of rotatable bonds is 5. The molecule has 0 unspecified atom stereocenters. The van der Waals surface area contributed by atoms with Gasteiger partial charge in [0.2, 0.25) is 0 Å². The number of pyridine rings is 2. The van der Waals surface area contributed by atoms with E-state index in [1.807, 2.05) is 42.7 Å². The molecule has 45 heavy (non-hydrogen) atoms. The summed E-state index contributed by atoms with van der Waals surface area (Å²) in [6.45, 7) is 0. The summed E-state index contributed by atoms with van der Waals surface area (Å²) in [5.74, 6) is 0. The van der Waals surface area contributed by atoms with E-state index in [-0.39, 0.29) is 0 Å². The topological polar surface area (TPSA) is 55.3 Å². The molecule has 5 nitrogen and oxygen atoms in total. The molecule has 0 aliphatic rings. The molecule has 0 aliphatic heterocycles. The SMILES string of the molecule is c1ccc(-c2ccc(-c3ccccc3N(c3ccc4oc5cnccc5c4c3)c3ccc4oc5cnccc5c4c3)cc2)cc1. The largest absolute Gasteiger partial charge is 0.454 e. The Morgan fingerprint density at radius 3 is 1.58 bits per heavy atom. The first-order valence-electron chi connectivity index (χ1n) is 14.9. The van der Waals surface area contributed by atoms with Gasteiger partial charge in [-0.3, -0.25) is 9.97 Å². The van der Waals surface area contributed by atoms with Gasteiger partial charge in [0.05, 0.1) is 18.1 Å². The van der Waals surface area contributed by atoms with Crippen LogP contribution >= 0.6 is 0 Å². The van der Waals surface area contributed by atoms with Gasteiger partial charge in [-0.1, -0.05) is 72.8 Å². The summed E-state index contributed by atoms with van der Waals surface area (Å²) in [5, 5.41) is 4.16. The number of anilines is 3. The molecule has 0 atom stereocenters. The van der Waals surface area contributed by atoms with E-state index in [2.05, 4.69) is 112 Å². The highest BCUT2D eigenvalue weighted by atomic mass is 16.3. The molecular weight excluding hydrogens is 554 g/mol. The third-order valence-electron chi connectivity index (χ3n) is 8.48. The summed E-state index contributed by atoms with van der Waals surface area (Å²) in [5.41, 5.74) is 11.0. The smallest absolute Gasteiger partial charge is 0.153 e. The van der Waals surface area contributed by atoms with E-state index in [1.54, 1.807) is 12.4 Å². The van der Waals surface area contributed by atoms with E-state index in [9.17, 15) is 0 Å². The first-order valence-corrected chi connectivity index (χ1v) is 14.9. The van der Waals surface area contributed by atoms with Crippen molar-refractivity contribution in [2.45, 2.75) is 0 Å². The number of benzene rings is 5. The maximum absolute atomic E-state index is 6.14. The van der Waals surface area contributed by atoms with Crippen molar-refractivity contribution in [3.8, 4) is 22.3 Å². The molecule has 0 saturated heterocycles. The summed E-state index contributed by atoms with van der Waals surface area (Å²) < 4.78 is 12.3. The zero-order chi connectivity index (χ0) is 29.7. The normalized spacial score (nSPS) is 11.6. The van der Waals surface area contributed by atoms with Crippen LogP contribution in [0.3, 0.4) is 0 Å². The van der Waals surface area contributed by atoms with Crippen LogP contribution in [0.1, 0.15) is 0 Å². The van der Waals surface area contributed by atoms with Gasteiger partial charge in [-0.05, 0) is 71.3 Å². The molecule has 212 valence electrons. The van der Waals surface area contributed by atoms with Crippen LogP contribution in [0.5, 0.6) is 0 Å². The zero-order valence-electron chi connectivity index (χ0n) is 24.1. The van der Waals surface area contributed by atoms with Crippen molar-refractivity contribution < 1.29 is 8.83 Å². The number of fused-ring (bicyclic) bond motifs is 6. The Hall–Kier alpha value is -6.20. The highest BCUT2D eigenvalue weighted by Crippen LogP contribution is 2.44. The fraction of sp³-hybridized carbons (Fsp3) is 0. The zero-order valence-corrected chi connectivity index (χ0v) is 24.1. The molecule has 4 heterocycles. The molecule has 4 aromatic heterocycles. The van der Waals surface area contributed by atoms with E-state index in [0.717, 1.165) is 72.1 Å². The molecule has 0 saturated carbocycles. The van der Waals surface area contributed by atoms with Crippen LogP contribution in [0.4, 0.5) is 17.1 Å². The van der Waals surface area contributed by atoms with Gasteiger partial charge in [-0.15, -0.1) is 0 Å². The third kappa shape index (κ3) is 4.25. The minimum atomic E-state index is 0.773. The van der Waals surface area contributed by atoms with E-state index >= 15 is 0 Å². The van der Waals surface area contributed by atoms with Gasteiger partial charge in [0.15, 0.2) is 11.2 Å². The quantitative estimate of drug-likeness (QED) is 0.203. The van der Waals surface area contributed by atoms with Crippen molar-refractivity contribution in [1.82, 2.24) is 9.97 Å². The predicted molar refractivity (Wildman–Crippen MR) is 182 cm³/mol. The summed E-state index contributed by atoms with van der Waals surface area (Å²) in [7, 11) is 0. The van der Waals surface area contributed by atoms with Crippen LogP contribution in [0.15, 0.2) is 161 Å². The molecule has 0 spiro atoms. The Morgan fingerprint density at radius 2 is 0.956 bits per heavy atom. The average Bonchev–Trinajstić information content (AvgIpc) is 3.67. The van der Waals surface area contributed by atoms with Crippen LogP contribution in [-0.4, -0.2) is 9.97 Å². The lowest BCUT2D eigenvalue weighted by Crippen LogP contribution is -2.11. The van der Waals surface area contributed by atoms with Crippen LogP contribution in [0.25, 0.3) is 66.1 Å². The van der Waals surface area contributed by atoms with Crippen molar-refractivity contribution in [1.29, 1.82) is 0 Å². The molecule has 0 radical (unpaired) electrons. The van der Waals surface area contributed by atoms with Crippen LogP contribution in [0, 0.1) is 0 Å². The fourth-order valence-electron chi connectivity index (χ4n) is 6.33. The number of furan rings is 2. The summed E-state index contributed by atoms with van der Waals surface area (Å²) in [6.07, 6.45) is 7.16. The van der Waals surface area contributed by atoms with Crippen molar-refractivity contribution in [2.75, 3.05) is 4.90 Å². The fourth-order valence-corrected chi connectivity index (χ4v) is 6.33. The minimum absolute atomic E-state index is 0.773. The standard InChI is InChI=1S/C40H25N3O2/c1-2-6-26(7-3-1)27-10-12-28(13-11-27)31-8-4-5-9-36(31)43(29-14-16-37-34(22-29)32-18-20-41-24-39(32)44-37)30-15-17-38-35(23-30)33-19-21-42-25-40(33)45-38/h1-25H. The second kappa shape index (κ2) is 10.2. The van der Waals surface area contributed by atoms with Gasteiger partial charge in [0, 0.05) is 50.9 Å². The monoisotopic (exact) mass is 579 g/mol. The van der Waals surface area contributed by atoms with Gasteiger partial charge in [0.25, 0.3) is 0 Å². The molecule has 0 bridgehead atoms. The molecule has 0 N–H and O–H groups in total. The van der Waals surface area contributed by atoms with Gasteiger partial charge in [-0.2, -0.15) is 0 Å². The van der Waals surface area contributed by atoms with E-state index in [1.165, 1.54) is 11.1 Å². The summed E-state index contributed by atoms with van der Waals surface area (Å²) in [4.78, 5) is 10.8. The number of hydrogen-bond donors (Lipinski definition) is 0. The predicted octanol–water partition coefficient (Wildman–Crippen LogP) is 11.1. The highest BCUT2D eigenvalue weighted by Gasteiger charge is 2.20. The lowest BCUT2D eigenvalue weighted by atomic mass is 9.98. The lowest BCUT2D eigenvalue weighted by molar-refractivity contribution is 0.666. The Balaban J connectivity index is 1.26. The Labute approximate surface area is 258 Å². The van der Waals surface area contributed by atoms with Crippen LogP contribution < -0.4 is 4.90 Å². The molecule has 9 rings (SSSR count). The number of hydrogen-bond acceptors (Lipinski definition) is 5. The van der Waals surface area contributed by atoms with Gasteiger partial charge < -0.3 is 13.7 Å². The first kappa shape index (κ1) is 25.3. The van der Waals surface area contributed by atoms with Crippen LogP contribution in [0.2, 0.25) is 0 Å². The van der Waals surface area contributed by atoms with E-state index in [4.69, 9.17) is 8.83 Å². The maximum atomic E-state index is 6.14. The highest BCUT2D eigenvalue weighted by molar-refractivity contribution is 6.08. The number of aromatic nitrogens is 2. The maximum Gasteiger partial charge on any atom is 0.153 e. The Kier molecular flexibility index (Phi) is 5.74. The molecule has 5 aromatic carbocycles. The Bertz CT molecular complexity index is 2380. The van der Waals surface area contributed by atoms with E-state index in [0.29, 0.717) is 0 Å². The third-order valence-corrected chi connectivity index (χ3v) is 8.48. The van der Waals surface area contributed by atoms with Crippen molar-refractivity contribution in [2.24, 2.45) is 0 Å². The molecule has 0 aliphatic carbocycles. The first-order chi connectivity index (χ1) is 22.3. The molecule has 0 fully saturated rings. The van der Waals surface area contributed by atoms with Crippen LogP contribution in [-0.2, 0) is 0 Å². The van der Waals surface area contributed by atoms with Gasteiger partial charge in [-0.25, -0.2) is 0 Å².